The molecule has 1 aliphatic carbocycles. The third-order valence-electron chi connectivity index (χ3n) is 5.46. The van der Waals surface area contributed by atoms with Gasteiger partial charge in [-0.25, -0.2) is 4.98 Å². The summed E-state index contributed by atoms with van der Waals surface area (Å²) in [6, 6.07) is 4.27. The van der Waals surface area contributed by atoms with Gasteiger partial charge in [0.05, 0.1) is 6.61 Å². The molecular formula is C22H25N3O2. The number of allylic oxidation sites excluding steroid dienone is 1. The lowest BCUT2D eigenvalue weighted by molar-refractivity contribution is -0.114. The van der Waals surface area contributed by atoms with E-state index in [1.165, 1.54) is 23.6 Å². The van der Waals surface area contributed by atoms with Crippen LogP contribution in [0.25, 0.3) is 0 Å². The number of rotatable bonds is 3. The van der Waals surface area contributed by atoms with Gasteiger partial charge in [-0.15, -0.1) is 5.73 Å². The molecule has 0 fully saturated rings. The largest absolute Gasteiger partial charge is 0.493 e. The van der Waals surface area contributed by atoms with Crippen LogP contribution in [0, 0.1) is 0 Å². The highest BCUT2D eigenvalue weighted by Gasteiger charge is 2.23. The van der Waals surface area contributed by atoms with Gasteiger partial charge in [-0.3, -0.25) is 9.69 Å². The van der Waals surface area contributed by atoms with Crippen molar-refractivity contribution >= 4 is 11.7 Å². The quantitative estimate of drug-likeness (QED) is 0.838. The highest BCUT2D eigenvalue weighted by atomic mass is 16.5. The first-order chi connectivity index (χ1) is 13.1. The lowest BCUT2D eigenvalue weighted by Crippen LogP contribution is -2.36. The molecule has 0 saturated carbocycles. The Balaban J connectivity index is 1.50. The van der Waals surface area contributed by atoms with Crippen molar-refractivity contribution in [2.24, 2.45) is 0 Å². The van der Waals surface area contributed by atoms with E-state index in [4.69, 9.17) is 4.74 Å². The summed E-state index contributed by atoms with van der Waals surface area (Å²) in [4.78, 5) is 18.4. The second-order valence-electron chi connectivity index (χ2n) is 7.28. The normalized spacial score (nSPS) is 20.1. The number of nitrogens with zero attached hydrogens (tertiary/aromatic N) is 2. The van der Waals surface area contributed by atoms with Gasteiger partial charge in [0.2, 0.25) is 5.91 Å². The monoisotopic (exact) mass is 363 g/mol. The molecule has 3 aliphatic rings. The number of amides is 1. The number of hydrogen-bond acceptors (Lipinski definition) is 4. The van der Waals surface area contributed by atoms with Gasteiger partial charge in [0.25, 0.3) is 0 Å². The maximum atomic E-state index is 11.3. The molecule has 140 valence electrons. The molecule has 0 saturated heterocycles. The highest BCUT2D eigenvalue weighted by molar-refractivity contribution is 5.87. The van der Waals surface area contributed by atoms with Crippen molar-refractivity contribution in [3.05, 3.63) is 64.3 Å². The van der Waals surface area contributed by atoms with Gasteiger partial charge in [-0.05, 0) is 48.8 Å². The van der Waals surface area contributed by atoms with Crippen molar-refractivity contribution in [1.82, 2.24) is 9.88 Å². The molecule has 0 radical (unpaired) electrons. The summed E-state index contributed by atoms with van der Waals surface area (Å²) in [5.74, 6) is 1.55. The molecule has 1 atom stereocenters. The summed E-state index contributed by atoms with van der Waals surface area (Å²) in [5.41, 5.74) is 8.15. The number of carbonyl (C=O) groups excluding carboxylic acids is 1. The zero-order chi connectivity index (χ0) is 18.8. The van der Waals surface area contributed by atoms with E-state index in [1.54, 1.807) is 0 Å². The summed E-state index contributed by atoms with van der Waals surface area (Å²) < 4.78 is 5.77. The van der Waals surface area contributed by atoms with Crippen LogP contribution >= 0.6 is 0 Å². The SMILES string of the molecule is CC(=O)Nc1ccc2c(n1)CCN([C@H](C)C1=CC3=C(C=C=C1)CCO3)CC2. The van der Waals surface area contributed by atoms with Crippen LogP contribution < -0.4 is 5.32 Å². The molecular weight excluding hydrogens is 338 g/mol. The first-order valence-corrected chi connectivity index (χ1v) is 9.60. The first kappa shape index (κ1) is 17.8. The van der Waals surface area contributed by atoms with Crippen LogP contribution in [0.2, 0.25) is 0 Å². The van der Waals surface area contributed by atoms with Crippen molar-refractivity contribution < 1.29 is 9.53 Å². The number of anilines is 1. The molecule has 5 nitrogen and oxygen atoms in total. The number of hydrogen-bond donors (Lipinski definition) is 1. The summed E-state index contributed by atoms with van der Waals surface area (Å²) in [5, 5.41) is 2.78. The van der Waals surface area contributed by atoms with Crippen molar-refractivity contribution in [2.75, 3.05) is 25.0 Å². The topological polar surface area (TPSA) is 54.5 Å². The van der Waals surface area contributed by atoms with E-state index in [0.29, 0.717) is 5.82 Å². The average molecular weight is 363 g/mol. The van der Waals surface area contributed by atoms with E-state index in [2.05, 4.69) is 46.1 Å². The van der Waals surface area contributed by atoms with Gasteiger partial charge in [0.1, 0.15) is 11.6 Å². The third-order valence-corrected chi connectivity index (χ3v) is 5.46. The second kappa shape index (κ2) is 7.55. The minimum atomic E-state index is -0.0886. The zero-order valence-electron chi connectivity index (χ0n) is 15.9. The molecule has 1 aromatic rings. The molecule has 0 unspecified atom stereocenters. The van der Waals surface area contributed by atoms with E-state index in [9.17, 15) is 4.79 Å². The van der Waals surface area contributed by atoms with Crippen LogP contribution in [0.3, 0.4) is 0 Å². The second-order valence-corrected chi connectivity index (χ2v) is 7.28. The van der Waals surface area contributed by atoms with Crippen molar-refractivity contribution in [3.8, 4) is 0 Å². The maximum Gasteiger partial charge on any atom is 0.222 e. The Morgan fingerprint density at radius 3 is 2.96 bits per heavy atom. The first-order valence-electron chi connectivity index (χ1n) is 9.60. The van der Waals surface area contributed by atoms with Crippen LogP contribution in [0.1, 0.15) is 31.5 Å². The zero-order valence-corrected chi connectivity index (χ0v) is 15.9. The lowest BCUT2D eigenvalue weighted by atomic mass is 10.1. The Labute approximate surface area is 160 Å². The molecule has 0 bridgehead atoms. The Morgan fingerprint density at radius 1 is 1.26 bits per heavy atom. The van der Waals surface area contributed by atoms with Crippen molar-refractivity contribution in [1.29, 1.82) is 0 Å². The van der Waals surface area contributed by atoms with Crippen molar-refractivity contribution in [2.45, 2.75) is 39.2 Å². The van der Waals surface area contributed by atoms with Gasteiger partial charge >= 0.3 is 0 Å². The highest BCUT2D eigenvalue weighted by Crippen LogP contribution is 2.27. The minimum Gasteiger partial charge on any atom is -0.493 e. The predicted molar refractivity (Wildman–Crippen MR) is 105 cm³/mol. The van der Waals surface area contributed by atoms with Gasteiger partial charge in [0, 0.05) is 50.2 Å². The van der Waals surface area contributed by atoms with E-state index in [1.807, 2.05) is 12.1 Å². The molecule has 5 heteroatoms. The number of nitrogens with one attached hydrogen (secondary N) is 1. The predicted octanol–water partition coefficient (Wildman–Crippen LogP) is 3.15. The standard InChI is InChI=1S/C22H25N3O2/c1-15(19-5-3-4-18-10-13-27-21(18)14-19)25-11-8-17-6-7-22(23-16(2)26)24-20(17)9-12-25/h4-7,14-15H,8-13H2,1-2H3,(H,23,24,26)/t15-/m1/s1. The Morgan fingerprint density at radius 2 is 2.11 bits per heavy atom. The summed E-state index contributed by atoms with van der Waals surface area (Å²) >= 11 is 0. The Bertz CT molecular complexity index is 891. The molecule has 27 heavy (non-hydrogen) atoms. The summed E-state index contributed by atoms with van der Waals surface area (Å²) in [7, 11) is 0. The fraction of sp³-hybridized carbons (Fsp3) is 0.409. The van der Waals surface area contributed by atoms with Crippen LogP contribution in [0.5, 0.6) is 0 Å². The minimum absolute atomic E-state index is 0.0886. The van der Waals surface area contributed by atoms with E-state index < -0.39 is 0 Å². The maximum absolute atomic E-state index is 11.3. The van der Waals surface area contributed by atoms with Crippen LogP contribution in [-0.4, -0.2) is 41.5 Å². The smallest absolute Gasteiger partial charge is 0.222 e. The van der Waals surface area contributed by atoms with Gasteiger partial charge in [0.15, 0.2) is 0 Å². The Kier molecular flexibility index (Phi) is 4.97. The molecule has 1 aromatic heterocycles. The van der Waals surface area contributed by atoms with Crippen LogP contribution in [-0.2, 0) is 22.4 Å². The number of aromatic nitrogens is 1. The molecule has 3 heterocycles. The van der Waals surface area contributed by atoms with Gasteiger partial charge < -0.3 is 10.1 Å². The molecule has 0 aromatic carbocycles. The van der Waals surface area contributed by atoms with E-state index in [-0.39, 0.29) is 11.9 Å². The fourth-order valence-electron chi connectivity index (χ4n) is 3.88. The Hall–Kier alpha value is -2.62. The van der Waals surface area contributed by atoms with Gasteiger partial charge in [-0.1, -0.05) is 6.07 Å². The number of ether oxygens (including phenoxy) is 1. The van der Waals surface area contributed by atoms with E-state index in [0.717, 1.165) is 50.4 Å². The van der Waals surface area contributed by atoms with Crippen molar-refractivity contribution in [3.63, 3.8) is 0 Å². The third kappa shape index (κ3) is 3.90. The number of fused-ring (bicyclic) bond motifs is 1. The molecule has 4 rings (SSSR count). The number of carbonyl (C=O) groups is 1. The van der Waals surface area contributed by atoms with Gasteiger partial charge in [-0.2, -0.15) is 0 Å². The van der Waals surface area contributed by atoms with E-state index >= 15 is 0 Å². The molecule has 1 amide bonds. The summed E-state index contributed by atoms with van der Waals surface area (Å²) in [6.45, 7) is 6.44. The number of pyridine rings is 1. The van der Waals surface area contributed by atoms with Crippen LogP contribution in [0.4, 0.5) is 5.82 Å². The van der Waals surface area contributed by atoms with Crippen LogP contribution in [0.15, 0.2) is 53.0 Å². The molecule has 2 aliphatic heterocycles. The summed E-state index contributed by atoms with van der Waals surface area (Å²) in [6.07, 6.45) is 9.11. The fourth-order valence-corrected chi connectivity index (χ4v) is 3.88. The molecule has 0 spiro atoms. The lowest BCUT2D eigenvalue weighted by Gasteiger charge is -2.28. The molecule has 1 N–H and O–H groups in total. The average Bonchev–Trinajstić information content (AvgIpc) is 2.86.